The molecule has 20 heteroatoms. The lowest BCUT2D eigenvalue weighted by Crippen LogP contribution is -2.10. The smallest absolute Gasteiger partial charge is 0.184 e. The van der Waals surface area contributed by atoms with Crippen molar-refractivity contribution in [3.63, 3.8) is 0 Å². The van der Waals surface area contributed by atoms with Crippen LogP contribution in [0.5, 0.6) is 0 Å². The molecule has 8 bridgehead atoms. The third kappa shape index (κ3) is 15.9. The highest BCUT2D eigenvalue weighted by Crippen LogP contribution is 2.44. The van der Waals surface area contributed by atoms with E-state index in [0.29, 0.717) is 90.7 Å². The van der Waals surface area contributed by atoms with Gasteiger partial charge in [0.2, 0.25) is 0 Å². The number of aromatic amines is 2. The molecule has 2 aliphatic rings. The van der Waals surface area contributed by atoms with Crippen LogP contribution in [-0.2, 0) is 47.8 Å². The number of nitrogens with zero attached hydrogens (tertiary/aromatic N) is 18. The molecule has 0 aliphatic carbocycles. The van der Waals surface area contributed by atoms with Crippen molar-refractivity contribution in [1.82, 2.24) is 98.0 Å². The Kier molecular flexibility index (Phi) is 23.0. The van der Waals surface area contributed by atoms with Gasteiger partial charge in [-0.15, -0.1) is 0 Å². The van der Waals surface area contributed by atoms with Gasteiger partial charge in [0.05, 0.1) is 22.1 Å². The molecule has 11 aromatic heterocycles. The Balaban J connectivity index is 0.981. The minimum Gasteiger partial charge on any atom is -0.324 e. The third-order valence-corrected chi connectivity index (χ3v) is 25.6. The fraction of sp³-hybridized carbons (Fsp3) is 0.520. The Hall–Kier alpha value is -10.2. The number of benzene rings is 4. The van der Waals surface area contributed by atoms with E-state index in [-0.39, 0.29) is 21.7 Å². The number of rotatable bonds is 32. The van der Waals surface area contributed by atoms with Gasteiger partial charge in [-0.05, 0) is 118 Å². The minimum absolute atomic E-state index is 0.141. The summed E-state index contributed by atoms with van der Waals surface area (Å²) >= 11 is 0. The van der Waals surface area contributed by atoms with E-state index in [0.717, 1.165) is 166 Å². The van der Waals surface area contributed by atoms with Crippen LogP contribution in [0.2, 0.25) is 0 Å². The van der Waals surface area contributed by atoms with Crippen LogP contribution >= 0.6 is 0 Å². The number of nitrogens with one attached hydrogen (secondary N) is 2. The van der Waals surface area contributed by atoms with Gasteiger partial charge >= 0.3 is 0 Å². The fourth-order valence-corrected chi connectivity index (χ4v) is 18.4. The summed E-state index contributed by atoms with van der Waals surface area (Å²) in [6.45, 7) is 39.5. The summed E-state index contributed by atoms with van der Waals surface area (Å²) in [6.07, 6.45) is 33.1. The van der Waals surface area contributed by atoms with E-state index < -0.39 is 0 Å². The first-order chi connectivity index (χ1) is 57.9. The summed E-state index contributed by atoms with van der Waals surface area (Å²) in [5.74, 6) is 1.26. The first-order valence-electron chi connectivity index (χ1n) is 46.1. The van der Waals surface area contributed by atoms with Crippen LogP contribution in [0.1, 0.15) is 313 Å². The molecule has 0 radical (unpaired) electrons. The molecule has 0 amide bonds. The molecule has 0 spiro atoms. The summed E-state index contributed by atoms with van der Waals surface area (Å²) in [5.41, 5.74) is 20.5. The largest absolute Gasteiger partial charge is 0.324 e. The summed E-state index contributed by atoms with van der Waals surface area (Å²) in [7, 11) is 0. The molecular formula is C100H126N20. The first kappa shape index (κ1) is 82.1. The van der Waals surface area contributed by atoms with Crippen molar-refractivity contribution in [2.45, 2.75) is 338 Å². The lowest BCUT2D eigenvalue weighted by molar-refractivity contribution is 0.559. The molecule has 2 N–H and O–H groups in total. The number of hydrogen-bond acceptors (Lipinski definition) is 14. The predicted molar refractivity (Wildman–Crippen MR) is 497 cm³/mol. The molecular weight excluding hydrogens is 1480 g/mol. The van der Waals surface area contributed by atoms with Gasteiger partial charge < -0.3 is 28.2 Å². The second-order valence-electron chi connectivity index (χ2n) is 39.0. The van der Waals surface area contributed by atoms with E-state index >= 15 is 0 Å². The molecule has 0 fully saturated rings. The lowest BCUT2D eigenvalue weighted by Gasteiger charge is -2.19. The van der Waals surface area contributed by atoms with E-state index in [4.69, 9.17) is 69.8 Å². The molecule has 13 heterocycles. The second-order valence-corrected chi connectivity index (χ2v) is 39.0. The van der Waals surface area contributed by atoms with E-state index in [9.17, 15) is 0 Å². The number of aryl methyl sites for hydroxylation is 4. The average molecular weight is 1610 g/mol. The molecule has 0 unspecified atom stereocenters. The van der Waals surface area contributed by atoms with Crippen LogP contribution in [0, 0.1) is 0 Å². The summed E-state index contributed by atoms with van der Waals surface area (Å²) in [6, 6.07) is 27.6. The fourth-order valence-electron chi connectivity index (χ4n) is 18.4. The molecule has 2 aliphatic heterocycles. The number of hydrogen-bond donors (Lipinski definition) is 2. The summed E-state index contributed by atoms with van der Waals surface area (Å²) in [4.78, 5) is 88.4. The standard InChI is InChI=1S/C100H126N20/c1-17-21-25-29-33-37-41-53-117-69-49-45-61(97(5,6)7)57-65(69)73-93(117)105-81-77(101-73)85-109-89(81)113-86-78-82(106-94-74(102-78)66-58-62(98(8,9)10)46-50-70(66)118(94)54-42-38-34-30-26-22-18-2)91(110-86)115-88-80-84(108-96-76(104-80)68-60-64(100(14,15)16)48-52-72(68)120(96)56-44-40-36-32-28-24-20-4)92(112-88)116-87-79-83(90(111-87)114-85)107-95-75(103-79)67-59-63(99(11,12)13)47-51-71(67)119(95)55-43-39-35-31-27-23-19-3/h45-52,57-60H,17-44,53-56H2,1-16H3,(H2,109,110,111,112,113,114,115,116). The van der Waals surface area contributed by atoms with E-state index in [1.807, 2.05) is 0 Å². The van der Waals surface area contributed by atoms with Crippen LogP contribution in [0.3, 0.4) is 0 Å². The topological polar surface area (TPSA) is 232 Å². The molecule has 0 saturated carbocycles. The summed E-state index contributed by atoms with van der Waals surface area (Å²) < 4.78 is 9.56. The predicted octanol–water partition coefficient (Wildman–Crippen LogP) is 26.7. The number of H-pyrrole nitrogens is 2. The Labute approximate surface area is 706 Å². The van der Waals surface area contributed by atoms with Crippen LogP contribution in [0.15, 0.2) is 72.8 Å². The molecule has 20 nitrogen and oxygen atoms in total. The van der Waals surface area contributed by atoms with E-state index in [1.165, 1.54) is 151 Å². The van der Waals surface area contributed by atoms with Crippen molar-refractivity contribution in [2.24, 2.45) is 0 Å². The van der Waals surface area contributed by atoms with Gasteiger partial charge in [0.15, 0.2) is 68.5 Å². The molecule has 4 aromatic carbocycles. The zero-order valence-corrected chi connectivity index (χ0v) is 74.6. The maximum atomic E-state index is 5.84. The highest BCUT2D eigenvalue weighted by Gasteiger charge is 2.33. The highest BCUT2D eigenvalue weighted by molar-refractivity contribution is 6.13. The average Bonchev–Trinajstić information content (AvgIpc) is 1.57. The number of unbranched alkanes of at least 4 members (excludes halogenated alkanes) is 24. The van der Waals surface area contributed by atoms with Crippen LogP contribution in [-0.4, -0.2) is 98.0 Å². The second kappa shape index (κ2) is 33.6. The molecule has 120 heavy (non-hydrogen) atoms. The summed E-state index contributed by atoms with van der Waals surface area (Å²) in [5, 5.41) is 4.14. The SMILES string of the molecule is CCCCCCCCCn1c2ccc(C(C)(C)C)cc2c2nc3c(nc21)-c1nc-3nc2[nH]c(nc3nc(nc4[nH]c(n1)c1nc5c6cc(C(C)(C)C)ccc6n(CCCCCCCCC)c5nc41)-c1nc4c5cc(C(C)(C)C)ccc5n(CCCCCCCCC)c4nc1-3)c1nc3c4cc(C(C)(C)C)ccc4n(CCCCCCCCC)c3nc21. The van der Waals surface area contributed by atoms with E-state index in [2.05, 4.69) is 212 Å². The maximum absolute atomic E-state index is 5.84. The van der Waals surface area contributed by atoms with Gasteiger partial charge in [-0.1, -0.05) is 289 Å². The Morgan fingerprint density at radius 2 is 0.442 bits per heavy atom. The molecule has 17 rings (SSSR count). The Morgan fingerprint density at radius 3 is 0.692 bits per heavy atom. The molecule has 15 aromatic rings. The van der Waals surface area contributed by atoms with Crippen molar-refractivity contribution in [2.75, 3.05) is 0 Å². The van der Waals surface area contributed by atoms with Crippen LogP contribution < -0.4 is 0 Å². The van der Waals surface area contributed by atoms with E-state index in [1.54, 1.807) is 0 Å². The molecule has 0 saturated heterocycles. The van der Waals surface area contributed by atoms with Crippen molar-refractivity contribution < 1.29 is 0 Å². The van der Waals surface area contributed by atoms with Gasteiger partial charge in [0, 0.05) is 47.7 Å². The normalized spacial score (nSPS) is 13.1. The van der Waals surface area contributed by atoms with Crippen LogP contribution in [0.4, 0.5) is 0 Å². The monoisotopic (exact) mass is 1610 g/mol. The quantitative estimate of drug-likeness (QED) is 0.0374. The number of fused-ring (bicyclic) bond motifs is 32. The van der Waals surface area contributed by atoms with Gasteiger partial charge in [-0.25, -0.2) is 69.8 Å². The minimum atomic E-state index is -0.142. The number of aromatic nitrogens is 20. The third-order valence-electron chi connectivity index (χ3n) is 25.6. The van der Waals surface area contributed by atoms with Crippen molar-refractivity contribution >= 4 is 133 Å². The maximum Gasteiger partial charge on any atom is 0.184 e. The van der Waals surface area contributed by atoms with Crippen LogP contribution in [0.25, 0.3) is 179 Å². The zero-order chi connectivity index (χ0) is 83.5. The van der Waals surface area contributed by atoms with Crippen molar-refractivity contribution in [1.29, 1.82) is 0 Å². The van der Waals surface area contributed by atoms with Gasteiger partial charge in [0.1, 0.15) is 66.9 Å². The van der Waals surface area contributed by atoms with Gasteiger partial charge in [0.25, 0.3) is 0 Å². The highest BCUT2D eigenvalue weighted by atomic mass is 15.2. The van der Waals surface area contributed by atoms with Crippen molar-refractivity contribution in [3.8, 4) is 46.1 Å². The van der Waals surface area contributed by atoms with Gasteiger partial charge in [-0.3, -0.25) is 0 Å². The van der Waals surface area contributed by atoms with Crippen molar-refractivity contribution in [3.05, 3.63) is 95.1 Å². The molecule has 0 atom stereocenters. The Bertz CT molecular complexity index is 6170. The molecule has 626 valence electrons. The first-order valence-corrected chi connectivity index (χ1v) is 46.1. The zero-order valence-electron chi connectivity index (χ0n) is 74.6. The van der Waals surface area contributed by atoms with Gasteiger partial charge in [-0.2, -0.15) is 0 Å². The lowest BCUT2D eigenvalue weighted by atomic mass is 9.86. The Morgan fingerprint density at radius 1 is 0.225 bits per heavy atom.